The highest BCUT2D eigenvalue weighted by atomic mass is 16.3. The normalized spacial score (nSPS) is 27.3. The largest absolute Gasteiger partial charge is 0.394 e. The summed E-state index contributed by atoms with van der Waals surface area (Å²) in [6.07, 6.45) is 0.926. The van der Waals surface area contributed by atoms with Crippen LogP contribution >= 0.6 is 0 Å². The molecular formula is C8H15NO3. The van der Waals surface area contributed by atoms with Gasteiger partial charge in [-0.3, -0.25) is 4.79 Å². The summed E-state index contributed by atoms with van der Waals surface area (Å²) in [5.41, 5.74) is 0. The molecule has 1 aliphatic carbocycles. The maximum Gasteiger partial charge on any atom is 0.223 e. The molecule has 0 bridgehead atoms. The maximum absolute atomic E-state index is 11.2. The summed E-state index contributed by atoms with van der Waals surface area (Å²) in [4.78, 5) is 11.2. The molecule has 0 aromatic rings. The topological polar surface area (TPSA) is 69.6 Å². The Morgan fingerprint density at radius 2 is 2.08 bits per heavy atom. The second-order valence-corrected chi connectivity index (χ2v) is 3.39. The number of hydrogen-bond donors (Lipinski definition) is 3. The molecule has 0 aromatic heterocycles. The van der Waals surface area contributed by atoms with E-state index in [9.17, 15) is 4.79 Å². The van der Waals surface area contributed by atoms with E-state index in [1.807, 2.05) is 6.92 Å². The van der Waals surface area contributed by atoms with Crippen molar-refractivity contribution >= 4 is 5.91 Å². The Hall–Kier alpha value is -0.610. The molecule has 4 heteroatoms. The third-order valence-electron chi connectivity index (χ3n) is 2.23. The van der Waals surface area contributed by atoms with Gasteiger partial charge in [0.2, 0.25) is 5.91 Å². The van der Waals surface area contributed by atoms with Gasteiger partial charge >= 0.3 is 0 Å². The lowest BCUT2D eigenvalue weighted by Gasteiger charge is -2.12. The molecule has 4 nitrogen and oxygen atoms in total. The molecule has 0 radical (unpaired) electrons. The van der Waals surface area contributed by atoms with Gasteiger partial charge in [-0.25, -0.2) is 0 Å². The summed E-state index contributed by atoms with van der Waals surface area (Å²) >= 11 is 0. The van der Waals surface area contributed by atoms with Crippen LogP contribution in [0.5, 0.6) is 0 Å². The molecule has 0 aromatic carbocycles. The van der Waals surface area contributed by atoms with Crippen molar-refractivity contribution in [1.29, 1.82) is 0 Å². The summed E-state index contributed by atoms with van der Waals surface area (Å²) in [5.74, 6) is 0.518. The average molecular weight is 173 g/mol. The van der Waals surface area contributed by atoms with E-state index in [1.165, 1.54) is 0 Å². The lowest BCUT2D eigenvalue weighted by molar-refractivity contribution is -0.123. The number of nitrogens with one attached hydrogen (secondary N) is 1. The van der Waals surface area contributed by atoms with E-state index in [0.29, 0.717) is 5.92 Å². The number of aliphatic hydroxyl groups excluding tert-OH is 2. The molecule has 12 heavy (non-hydrogen) atoms. The molecule has 1 fully saturated rings. The predicted molar refractivity (Wildman–Crippen MR) is 43.4 cm³/mol. The Morgan fingerprint density at radius 1 is 1.58 bits per heavy atom. The highest BCUT2D eigenvalue weighted by molar-refractivity contribution is 5.81. The van der Waals surface area contributed by atoms with Crippen molar-refractivity contribution in [3.05, 3.63) is 0 Å². The molecule has 0 spiro atoms. The van der Waals surface area contributed by atoms with Crippen molar-refractivity contribution in [3.63, 3.8) is 0 Å². The van der Waals surface area contributed by atoms with Gasteiger partial charge in [0.1, 0.15) is 0 Å². The highest BCUT2D eigenvalue weighted by Gasteiger charge is 2.39. The number of rotatable bonds is 4. The first-order valence-corrected chi connectivity index (χ1v) is 4.21. The van der Waals surface area contributed by atoms with Crippen molar-refractivity contribution < 1.29 is 15.0 Å². The molecule has 3 N–H and O–H groups in total. The lowest BCUT2D eigenvalue weighted by atomic mass is 10.2. The second kappa shape index (κ2) is 3.87. The van der Waals surface area contributed by atoms with Crippen LogP contribution in [0.25, 0.3) is 0 Å². The zero-order valence-electron chi connectivity index (χ0n) is 7.16. The molecule has 0 aliphatic heterocycles. The predicted octanol–water partition coefficient (Wildman–Crippen LogP) is -0.888. The van der Waals surface area contributed by atoms with E-state index in [4.69, 9.17) is 10.2 Å². The van der Waals surface area contributed by atoms with Crippen molar-refractivity contribution in [2.24, 2.45) is 11.8 Å². The van der Waals surface area contributed by atoms with Crippen LogP contribution in [0, 0.1) is 11.8 Å². The monoisotopic (exact) mass is 173 g/mol. The number of carbonyl (C=O) groups is 1. The Labute approximate surface area is 71.6 Å². The molecule has 1 aliphatic rings. The summed E-state index contributed by atoms with van der Waals surface area (Å²) in [6, 6.07) is -0.495. The van der Waals surface area contributed by atoms with E-state index in [1.54, 1.807) is 0 Å². The van der Waals surface area contributed by atoms with Crippen LogP contribution in [0.1, 0.15) is 13.3 Å². The first-order valence-electron chi connectivity index (χ1n) is 4.21. The quantitative estimate of drug-likeness (QED) is 0.516. The molecular weight excluding hydrogens is 158 g/mol. The van der Waals surface area contributed by atoms with Gasteiger partial charge < -0.3 is 15.5 Å². The molecule has 2 atom stereocenters. The van der Waals surface area contributed by atoms with E-state index in [2.05, 4.69) is 5.32 Å². The number of hydrogen-bond acceptors (Lipinski definition) is 3. The standard InChI is InChI=1S/C8H15NO3/c1-5-2-7(5)8(12)9-6(3-10)4-11/h5-7,10-11H,2-4H2,1H3,(H,9,12). The summed E-state index contributed by atoms with van der Waals surface area (Å²) in [7, 11) is 0. The number of aliphatic hydroxyl groups is 2. The summed E-state index contributed by atoms with van der Waals surface area (Å²) < 4.78 is 0. The van der Waals surface area contributed by atoms with Crippen LogP contribution in [0.15, 0.2) is 0 Å². The van der Waals surface area contributed by atoms with E-state index < -0.39 is 6.04 Å². The average Bonchev–Trinajstić information content (AvgIpc) is 2.78. The minimum absolute atomic E-state index is 0.0457. The first kappa shape index (κ1) is 9.48. The molecule has 70 valence electrons. The van der Waals surface area contributed by atoms with Crippen LogP contribution in [0.4, 0.5) is 0 Å². The zero-order valence-corrected chi connectivity index (χ0v) is 7.16. The molecule has 1 amide bonds. The fourth-order valence-corrected chi connectivity index (χ4v) is 1.14. The first-order chi connectivity index (χ1) is 5.69. The minimum Gasteiger partial charge on any atom is -0.394 e. The Balaban J connectivity index is 2.25. The van der Waals surface area contributed by atoms with Gasteiger partial charge in [0.15, 0.2) is 0 Å². The van der Waals surface area contributed by atoms with Crippen LogP contribution in [0.3, 0.4) is 0 Å². The minimum atomic E-state index is -0.495. The molecule has 1 saturated carbocycles. The van der Waals surface area contributed by atoms with E-state index >= 15 is 0 Å². The zero-order chi connectivity index (χ0) is 9.14. The lowest BCUT2D eigenvalue weighted by Crippen LogP contribution is -2.41. The number of amides is 1. The second-order valence-electron chi connectivity index (χ2n) is 3.39. The van der Waals surface area contributed by atoms with E-state index in [0.717, 1.165) is 6.42 Å². The third kappa shape index (κ3) is 2.19. The van der Waals surface area contributed by atoms with Crippen LogP contribution < -0.4 is 5.32 Å². The van der Waals surface area contributed by atoms with Gasteiger partial charge in [-0.1, -0.05) is 6.92 Å². The van der Waals surface area contributed by atoms with E-state index in [-0.39, 0.29) is 25.0 Å². The molecule has 2 unspecified atom stereocenters. The van der Waals surface area contributed by atoms with Gasteiger partial charge in [-0.05, 0) is 12.3 Å². The van der Waals surface area contributed by atoms with Gasteiger partial charge in [0, 0.05) is 5.92 Å². The van der Waals surface area contributed by atoms with Crippen LogP contribution in [-0.4, -0.2) is 35.4 Å². The summed E-state index contributed by atoms with van der Waals surface area (Å²) in [6.45, 7) is 1.60. The van der Waals surface area contributed by atoms with Crippen molar-refractivity contribution in [2.75, 3.05) is 13.2 Å². The van der Waals surface area contributed by atoms with Crippen molar-refractivity contribution in [3.8, 4) is 0 Å². The van der Waals surface area contributed by atoms with Crippen LogP contribution in [-0.2, 0) is 4.79 Å². The smallest absolute Gasteiger partial charge is 0.223 e. The molecule has 1 rings (SSSR count). The Bertz CT molecular complexity index is 168. The van der Waals surface area contributed by atoms with Crippen molar-refractivity contribution in [2.45, 2.75) is 19.4 Å². The van der Waals surface area contributed by atoms with Gasteiger partial charge in [0.25, 0.3) is 0 Å². The highest BCUT2D eigenvalue weighted by Crippen LogP contribution is 2.37. The Kier molecular flexibility index (Phi) is 3.05. The SMILES string of the molecule is CC1CC1C(=O)NC(CO)CO. The maximum atomic E-state index is 11.2. The molecule has 0 saturated heterocycles. The van der Waals surface area contributed by atoms with Gasteiger partial charge in [-0.2, -0.15) is 0 Å². The van der Waals surface area contributed by atoms with Gasteiger partial charge in [0.05, 0.1) is 19.3 Å². The van der Waals surface area contributed by atoms with Crippen molar-refractivity contribution in [1.82, 2.24) is 5.32 Å². The Morgan fingerprint density at radius 3 is 2.42 bits per heavy atom. The number of carbonyl (C=O) groups excluding carboxylic acids is 1. The van der Waals surface area contributed by atoms with Gasteiger partial charge in [-0.15, -0.1) is 0 Å². The fraction of sp³-hybridized carbons (Fsp3) is 0.875. The van der Waals surface area contributed by atoms with Crippen LogP contribution in [0.2, 0.25) is 0 Å². The summed E-state index contributed by atoms with van der Waals surface area (Å²) in [5, 5.41) is 19.9. The fourth-order valence-electron chi connectivity index (χ4n) is 1.14. The third-order valence-corrected chi connectivity index (χ3v) is 2.23. The molecule has 0 heterocycles.